The summed E-state index contributed by atoms with van der Waals surface area (Å²) < 4.78 is 1.42. The molecular formula is C21H43NO2. The van der Waals surface area contributed by atoms with Crippen LogP contribution in [0.2, 0.25) is 0 Å². The number of hydrogen-bond acceptors (Lipinski definition) is 2. The van der Waals surface area contributed by atoms with Crippen molar-refractivity contribution >= 4 is 5.78 Å². The maximum absolute atomic E-state index is 9.98. The maximum Gasteiger partial charge on any atom is 0.151 e. The van der Waals surface area contributed by atoms with Crippen molar-refractivity contribution in [3.63, 3.8) is 0 Å². The van der Waals surface area contributed by atoms with Gasteiger partial charge in [-0.15, -0.1) is 5.76 Å². The van der Waals surface area contributed by atoms with Crippen molar-refractivity contribution < 1.29 is 14.4 Å². The van der Waals surface area contributed by atoms with Gasteiger partial charge in [0.05, 0.1) is 26.2 Å². The highest BCUT2D eigenvalue weighted by Gasteiger charge is 2.24. The molecule has 0 bridgehead atoms. The molecule has 0 radical (unpaired) electrons. The molecule has 0 fully saturated rings. The highest BCUT2D eigenvalue weighted by molar-refractivity contribution is 5.87. The summed E-state index contributed by atoms with van der Waals surface area (Å²) in [6, 6.07) is 0. The fourth-order valence-corrected chi connectivity index (χ4v) is 2.93. The Morgan fingerprint density at radius 1 is 0.750 bits per heavy atom. The van der Waals surface area contributed by atoms with E-state index in [2.05, 4.69) is 27.7 Å². The summed E-state index contributed by atoms with van der Waals surface area (Å²) >= 11 is 0. The van der Waals surface area contributed by atoms with E-state index in [4.69, 9.17) is 0 Å². The van der Waals surface area contributed by atoms with Crippen LogP contribution in [0.1, 0.15) is 92.9 Å². The van der Waals surface area contributed by atoms with Gasteiger partial charge >= 0.3 is 0 Å². The molecular weight excluding hydrogens is 298 g/mol. The first kappa shape index (κ1) is 25.4. The van der Waals surface area contributed by atoms with Crippen LogP contribution in [0.3, 0.4) is 0 Å². The Balaban J connectivity index is 0. The van der Waals surface area contributed by atoms with Gasteiger partial charge in [-0.2, -0.15) is 0 Å². The van der Waals surface area contributed by atoms with Gasteiger partial charge in [0.25, 0.3) is 0 Å². The lowest BCUT2D eigenvalue weighted by atomic mass is 10.1. The number of ketones is 1. The summed E-state index contributed by atoms with van der Waals surface area (Å²) in [4.78, 5) is 9.98. The van der Waals surface area contributed by atoms with E-state index in [1.165, 1.54) is 95.9 Å². The van der Waals surface area contributed by atoms with Crippen LogP contribution in [-0.4, -0.2) is 36.4 Å². The minimum atomic E-state index is -0.187. The van der Waals surface area contributed by atoms with Gasteiger partial charge in [0.1, 0.15) is 0 Å². The highest BCUT2D eigenvalue weighted by atomic mass is 16.3. The first-order chi connectivity index (χ1) is 11.4. The van der Waals surface area contributed by atoms with E-state index in [9.17, 15) is 9.90 Å². The van der Waals surface area contributed by atoms with Crippen LogP contribution in [-0.2, 0) is 4.79 Å². The highest BCUT2D eigenvalue weighted by Crippen LogP contribution is 2.16. The molecule has 3 nitrogen and oxygen atoms in total. The van der Waals surface area contributed by atoms with Crippen molar-refractivity contribution in [2.75, 3.05) is 26.2 Å². The monoisotopic (exact) mass is 341 g/mol. The molecule has 0 amide bonds. The minimum Gasteiger partial charge on any atom is -0.876 e. The average Bonchev–Trinajstić information content (AvgIpc) is 2.53. The average molecular weight is 342 g/mol. The third-order valence-electron chi connectivity index (χ3n) is 4.35. The molecule has 0 atom stereocenters. The number of carbonyl (C=O) groups excluding carboxylic acids is 1. The van der Waals surface area contributed by atoms with Gasteiger partial charge in [0, 0.05) is 0 Å². The van der Waals surface area contributed by atoms with Gasteiger partial charge in [0.2, 0.25) is 0 Å². The Morgan fingerprint density at radius 3 is 1.17 bits per heavy atom. The topological polar surface area (TPSA) is 40.1 Å². The Labute approximate surface area is 151 Å². The number of carbonyl (C=O) groups is 1. The predicted molar refractivity (Wildman–Crippen MR) is 104 cm³/mol. The van der Waals surface area contributed by atoms with Gasteiger partial charge in [-0.3, -0.25) is 4.79 Å². The molecule has 0 unspecified atom stereocenters. The number of unbranched alkanes of at least 4 members (excludes halogenated alkanes) is 4. The largest absolute Gasteiger partial charge is 0.876 e. The predicted octanol–water partition coefficient (Wildman–Crippen LogP) is 4.84. The zero-order valence-electron chi connectivity index (χ0n) is 17.3. The maximum atomic E-state index is 9.98. The number of quaternary nitrogens is 1. The normalized spacial score (nSPS) is 11.8. The van der Waals surface area contributed by atoms with E-state index in [0.29, 0.717) is 0 Å². The Bertz CT molecular complexity index is 282. The molecule has 0 aliphatic carbocycles. The molecule has 0 N–H and O–H groups in total. The van der Waals surface area contributed by atoms with E-state index in [-0.39, 0.29) is 11.5 Å². The standard InChI is InChI=1S/C16H36N.C5H8O2/c1-5-9-13-17(14-10-6-2,15-11-7-3)16-12-8-4;1-4(6)3-5(2)7/h5-16H2,1-4H3;3,6H,1-2H3/q+1;/p-1/b;4-3-. The SMILES string of the molecule is CC(=O)/C=C(/C)[O-].CCCC[N+](CCCC)(CCCC)CCCC. The lowest BCUT2D eigenvalue weighted by Gasteiger charge is -2.39. The molecule has 0 heterocycles. The van der Waals surface area contributed by atoms with Crippen LogP contribution >= 0.6 is 0 Å². The summed E-state index contributed by atoms with van der Waals surface area (Å²) in [7, 11) is 0. The molecule has 0 aliphatic heterocycles. The summed E-state index contributed by atoms with van der Waals surface area (Å²) in [6.07, 6.45) is 12.1. The molecule has 0 aromatic carbocycles. The summed E-state index contributed by atoms with van der Waals surface area (Å²) in [5, 5.41) is 9.98. The molecule has 0 rings (SSSR count). The van der Waals surface area contributed by atoms with E-state index in [0.717, 1.165) is 6.08 Å². The lowest BCUT2D eigenvalue weighted by Crippen LogP contribution is -2.50. The van der Waals surface area contributed by atoms with Crippen molar-refractivity contribution in [3.05, 3.63) is 11.8 Å². The molecule has 0 saturated carbocycles. The number of rotatable bonds is 13. The third-order valence-corrected chi connectivity index (χ3v) is 4.35. The second-order valence-corrected chi connectivity index (χ2v) is 7.02. The van der Waals surface area contributed by atoms with Gasteiger partial charge in [-0.05, 0) is 38.7 Å². The first-order valence-corrected chi connectivity index (χ1v) is 10.1. The second-order valence-electron chi connectivity index (χ2n) is 7.02. The third kappa shape index (κ3) is 16.0. The molecule has 0 aliphatic rings. The van der Waals surface area contributed by atoms with Crippen LogP contribution < -0.4 is 5.11 Å². The molecule has 0 saturated heterocycles. The summed E-state index contributed by atoms with van der Waals surface area (Å²) in [5.41, 5.74) is 0. The van der Waals surface area contributed by atoms with Gasteiger partial charge in [-0.25, -0.2) is 0 Å². The van der Waals surface area contributed by atoms with Crippen LogP contribution in [0.4, 0.5) is 0 Å². The quantitative estimate of drug-likeness (QED) is 0.273. The van der Waals surface area contributed by atoms with Gasteiger partial charge in [-0.1, -0.05) is 60.3 Å². The van der Waals surface area contributed by atoms with Gasteiger partial charge in [0.15, 0.2) is 5.78 Å². The van der Waals surface area contributed by atoms with Crippen LogP contribution in [0.25, 0.3) is 0 Å². The molecule has 3 heteroatoms. The molecule has 0 aromatic heterocycles. The fourth-order valence-electron chi connectivity index (χ4n) is 2.93. The molecule has 0 aromatic rings. The van der Waals surface area contributed by atoms with E-state index in [1.807, 2.05) is 0 Å². The molecule has 144 valence electrons. The zero-order valence-corrected chi connectivity index (χ0v) is 17.3. The summed E-state index contributed by atoms with van der Waals surface area (Å²) in [5.74, 6) is -0.375. The zero-order chi connectivity index (χ0) is 18.8. The number of allylic oxidation sites excluding steroid dienone is 2. The Morgan fingerprint density at radius 2 is 1.04 bits per heavy atom. The van der Waals surface area contributed by atoms with E-state index < -0.39 is 0 Å². The van der Waals surface area contributed by atoms with Gasteiger partial charge < -0.3 is 9.59 Å². The van der Waals surface area contributed by atoms with Crippen LogP contribution in [0, 0.1) is 0 Å². The van der Waals surface area contributed by atoms with E-state index >= 15 is 0 Å². The van der Waals surface area contributed by atoms with Crippen molar-refractivity contribution in [2.24, 2.45) is 0 Å². The number of nitrogens with zero attached hydrogens (tertiary/aromatic N) is 1. The van der Waals surface area contributed by atoms with E-state index in [1.54, 1.807) is 0 Å². The fraction of sp³-hybridized carbons (Fsp3) is 0.857. The lowest BCUT2D eigenvalue weighted by molar-refractivity contribution is -0.929. The Hall–Kier alpha value is -0.830. The summed E-state index contributed by atoms with van der Waals surface area (Å²) in [6.45, 7) is 17.7. The first-order valence-electron chi connectivity index (χ1n) is 10.1. The van der Waals surface area contributed by atoms with Crippen LogP contribution in [0.15, 0.2) is 11.8 Å². The van der Waals surface area contributed by atoms with Crippen LogP contribution in [0.5, 0.6) is 0 Å². The van der Waals surface area contributed by atoms with Crippen molar-refractivity contribution in [1.29, 1.82) is 0 Å². The number of hydrogen-bond donors (Lipinski definition) is 0. The second kappa shape index (κ2) is 17.0. The molecule has 0 spiro atoms. The minimum absolute atomic E-state index is 0.187. The smallest absolute Gasteiger partial charge is 0.151 e. The van der Waals surface area contributed by atoms with Crippen molar-refractivity contribution in [2.45, 2.75) is 92.9 Å². The van der Waals surface area contributed by atoms with Crippen molar-refractivity contribution in [1.82, 2.24) is 0 Å². The molecule has 24 heavy (non-hydrogen) atoms. The van der Waals surface area contributed by atoms with Crippen molar-refractivity contribution in [3.8, 4) is 0 Å². The Kier molecular flexibility index (Phi) is 18.0.